The lowest BCUT2D eigenvalue weighted by atomic mass is 9.76. The molecule has 1 aliphatic carbocycles. The molecule has 6 heteroatoms. The van der Waals surface area contributed by atoms with Crippen molar-refractivity contribution in [3.8, 4) is 0 Å². The van der Waals surface area contributed by atoms with Crippen LogP contribution in [0.25, 0.3) is 0 Å². The Hall–Kier alpha value is -0.980. The number of piperidine rings is 1. The molecule has 2 heterocycles. The summed E-state index contributed by atoms with van der Waals surface area (Å²) in [6, 6.07) is 0. The first-order valence-corrected chi connectivity index (χ1v) is 9.33. The maximum Gasteiger partial charge on any atom is 0.273 e. The predicted molar refractivity (Wildman–Crippen MR) is 91.7 cm³/mol. The molecule has 1 amide bonds. The molecule has 2 fully saturated rings. The second-order valence-corrected chi connectivity index (χ2v) is 8.12. The van der Waals surface area contributed by atoms with Crippen LogP contribution in [0.3, 0.4) is 0 Å². The molecule has 2 aliphatic rings. The monoisotopic (exact) mass is 337 g/mol. The molecule has 0 unspecified atom stereocenters. The van der Waals surface area contributed by atoms with E-state index in [1.807, 2.05) is 31.5 Å². The first-order chi connectivity index (χ1) is 11.0. The fraction of sp³-hybridized carbons (Fsp3) is 0.765. The standard InChI is InChI=1S/C17H27N3O2S/c1-19(2)10-15-18-13(11-23-15)16(21)20-9-5-8-17(12-20)7-4-6-14(17)22-3/h11,14H,4-10,12H2,1-3H3/t14-,17-/m1/s1. The Labute approximate surface area is 142 Å². The van der Waals surface area contributed by atoms with Gasteiger partial charge in [-0.15, -0.1) is 11.3 Å². The number of methoxy groups -OCH3 is 1. The predicted octanol–water partition coefficient (Wildman–Crippen LogP) is 2.63. The zero-order valence-electron chi connectivity index (χ0n) is 14.4. The highest BCUT2D eigenvalue weighted by Gasteiger charge is 2.46. The number of rotatable bonds is 4. The zero-order valence-corrected chi connectivity index (χ0v) is 15.2. The Morgan fingerprint density at radius 1 is 1.48 bits per heavy atom. The number of ether oxygens (including phenoxy) is 1. The molecule has 1 saturated carbocycles. The van der Waals surface area contributed by atoms with Crippen molar-refractivity contribution in [2.24, 2.45) is 5.41 Å². The van der Waals surface area contributed by atoms with Gasteiger partial charge in [0, 0.05) is 37.5 Å². The summed E-state index contributed by atoms with van der Waals surface area (Å²) in [5.41, 5.74) is 0.779. The Kier molecular flexibility index (Phi) is 5.04. The molecule has 1 aliphatic heterocycles. The van der Waals surface area contributed by atoms with Crippen LogP contribution >= 0.6 is 11.3 Å². The number of nitrogens with zero attached hydrogens (tertiary/aromatic N) is 3. The zero-order chi connectivity index (χ0) is 16.4. The van der Waals surface area contributed by atoms with E-state index in [1.54, 1.807) is 11.3 Å². The molecular formula is C17H27N3O2S. The molecule has 0 bridgehead atoms. The molecule has 1 aromatic heterocycles. The van der Waals surface area contributed by atoms with Crippen LogP contribution in [0.15, 0.2) is 5.38 Å². The normalized spacial score (nSPS) is 28.0. The van der Waals surface area contributed by atoms with Gasteiger partial charge >= 0.3 is 0 Å². The maximum absolute atomic E-state index is 12.8. The number of hydrogen-bond donors (Lipinski definition) is 0. The van der Waals surface area contributed by atoms with Gasteiger partial charge in [-0.25, -0.2) is 4.98 Å². The Balaban J connectivity index is 1.71. The summed E-state index contributed by atoms with van der Waals surface area (Å²) in [7, 11) is 5.84. The van der Waals surface area contributed by atoms with E-state index >= 15 is 0 Å². The summed E-state index contributed by atoms with van der Waals surface area (Å²) in [6.07, 6.45) is 6.07. The van der Waals surface area contributed by atoms with E-state index in [0.29, 0.717) is 11.8 Å². The minimum atomic E-state index is 0.0899. The average molecular weight is 337 g/mol. The minimum absolute atomic E-state index is 0.0899. The van der Waals surface area contributed by atoms with Crippen LogP contribution in [0.1, 0.15) is 47.6 Å². The summed E-state index contributed by atoms with van der Waals surface area (Å²) in [5, 5.41) is 2.91. The van der Waals surface area contributed by atoms with Gasteiger partial charge < -0.3 is 14.5 Å². The molecule has 1 spiro atoms. The summed E-state index contributed by atoms with van der Waals surface area (Å²) in [4.78, 5) is 21.5. The van der Waals surface area contributed by atoms with E-state index in [1.165, 1.54) is 19.3 Å². The molecule has 0 N–H and O–H groups in total. The van der Waals surface area contributed by atoms with Gasteiger partial charge in [0.1, 0.15) is 10.7 Å². The summed E-state index contributed by atoms with van der Waals surface area (Å²) < 4.78 is 5.73. The van der Waals surface area contributed by atoms with E-state index in [0.717, 1.165) is 37.5 Å². The van der Waals surface area contributed by atoms with E-state index in [9.17, 15) is 4.79 Å². The van der Waals surface area contributed by atoms with Gasteiger partial charge in [-0.1, -0.05) is 6.42 Å². The Morgan fingerprint density at radius 3 is 3.00 bits per heavy atom. The molecule has 1 aromatic rings. The molecule has 0 aromatic carbocycles. The van der Waals surface area contributed by atoms with Gasteiger partial charge in [0.2, 0.25) is 0 Å². The first kappa shape index (κ1) is 16.9. The molecule has 5 nitrogen and oxygen atoms in total. The van der Waals surface area contributed by atoms with E-state index < -0.39 is 0 Å². The number of thiazole rings is 1. The highest BCUT2D eigenvalue weighted by molar-refractivity contribution is 7.09. The SMILES string of the molecule is CO[C@@H]1CCC[C@]12CCCN(C(=O)c1csc(CN(C)C)n1)C2. The summed E-state index contributed by atoms with van der Waals surface area (Å²) in [5.74, 6) is 0.0899. The first-order valence-electron chi connectivity index (χ1n) is 8.45. The minimum Gasteiger partial charge on any atom is -0.381 e. The summed E-state index contributed by atoms with van der Waals surface area (Å²) >= 11 is 1.57. The Morgan fingerprint density at radius 2 is 2.26 bits per heavy atom. The summed E-state index contributed by atoms with van der Waals surface area (Å²) in [6.45, 7) is 2.45. The van der Waals surface area contributed by atoms with Crippen molar-refractivity contribution in [2.75, 3.05) is 34.3 Å². The molecule has 0 radical (unpaired) electrons. The number of amides is 1. The van der Waals surface area contributed by atoms with Crippen LogP contribution in [-0.2, 0) is 11.3 Å². The van der Waals surface area contributed by atoms with Crippen molar-refractivity contribution in [3.05, 3.63) is 16.1 Å². The molecule has 3 rings (SSSR count). The highest BCUT2D eigenvalue weighted by Crippen LogP contribution is 2.46. The number of likely N-dealkylation sites (tertiary alicyclic amines) is 1. The van der Waals surface area contributed by atoms with Crippen molar-refractivity contribution >= 4 is 17.2 Å². The number of hydrogen-bond acceptors (Lipinski definition) is 5. The van der Waals surface area contributed by atoms with Crippen molar-refractivity contribution in [1.82, 2.24) is 14.8 Å². The van der Waals surface area contributed by atoms with Crippen molar-refractivity contribution in [1.29, 1.82) is 0 Å². The average Bonchev–Trinajstić information content (AvgIpc) is 3.13. The lowest BCUT2D eigenvalue weighted by molar-refractivity contribution is -0.0296. The van der Waals surface area contributed by atoms with Gasteiger partial charge in [-0.3, -0.25) is 4.79 Å². The van der Waals surface area contributed by atoms with E-state index in [4.69, 9.17) is 4.74 Å². The van der Waals surface area contributed by atoms with Crippen molar-refractivity contribution in [2.45, 2.75) is 44.8 Å². The molecular weight excluding hydrogens is 310 g/mol. The third kappa shape index (κ3) is 3.44. The van der Waals surface area contributed by atoms with Crippen molar-refractivity contribution < 1.29 is 9.53 Å². The largest absolute Gasteiger partial charge is 0.381 e. The van der Waals surface area contributed by atoms with Gasteiger partial charge in [-0.05, 0) is 39.8 Å². The number of carbonyl (C=O) groups excluding carboxylic acids is 1. The van der Waals surface area contributed by atoms with E-state index in [-0.39, 0.29) is 11.3 Å². The third-order valence-corrected chi connectivity index (χ3v) is 6.06. The van der Waals surface area contributed by atoms with Crippen LogP contribution in [0, 0.1) is 5.41 Å². The molecule has 1 saturated heterocycles. The van der Waals surface area contributed by atoms with Gasteiger partial charge in [-0.2, -0.15) is 0 Å². The van der Waals surface area contributed by atoms with Gasteiger partial charge in [0.25, 0.3) is 5.91 Å². The van der Waals surface area contributed by atoms with Gasteiger partial charge in [0.05, 0.1) is 6.10 Å². The quantitative estimate of drug-likeness (QED) is 0.847. The maximum atomic E-state index is 12.8. The second kappa shape index (κ2) is 6.87. The number of carbonyl (C=O) groups is 1. The van der Waals surface area contributed by atoms with E-state index in [2.05, 4.69) is 9.88 Å². The third-order valence-electron chi connectivity index (χ3n) is 5.23. The molecule has 2 atom stereocenters. The number of aromatic nitrogens is 1. The van der Waals surface area contributed by atoms with Crippen LogP contribution < -0.4 is 0 Å². The van der Waals surface area contributed by atoms with Crippen LogP contribution in [-0.4, -0.2) is 61.1 Å². The lowest BCUT2D eigenvalue weighted by Gasteiger charge is -2.43. The highest BCUT2D eigenvalue weighted by atomic mass is 32.1. The van der Waals surface area contributed by atoms with Gasteiger partial charge in [0.15, 0.2) is 0 Å². The van der Waals surface area contributed by atoms with Crippen LogP contribution in [0.5, 0.6) is 0 Å². The fourth-order valence-corrected chi connectivity index (χ4v) is 5.07. The smallest absolute Gasteiger partial charge is 0.273 e. The molecule has 128 valence electrons. The van der Waals surface area contributed by atoms with Crippen molar-refractivity contribution in [3.63, 3.8) is 0 Å². The second-order valence-electron chi connectivity index (χ2n) is 7.17. The Bertz CT molecular complexity index is 560. The lowest BCUT2D eigenvalue weighted by Crippen LogP contribution is -2.49. The fourth-order valence-electron chi connectivity index (χ4n) is 4.19. The van der Waals surface area contributed by atoms with Crippen LogP contribution in [0.2, 0.25) is 0 Å². The van der Waals surface area contributed by atoms with Crippen LogP contribution in [0.4, 0.5) is 0 Å². The topological polar surface area (TPSA) is 45.7 Å². The molecule has 23 heavy (non-hydrogen) atoms.